The van der Waals surface area contributed by atoms with Crippen LogP contribution in [0.5, 0.6) is 0 Å². The Morgan fingerprint density at radius 3 is 2.07 bits per heavy atom. The summed E-state index contributed by atoms with van der Waals surface area (Å²) in [6, 6.07) is 0. The van der Waals surface area contributed by atoms with Gasteiger partial charge >= 0.3 is 59.1 Å². The monoisotopic (exact) mass is 219 g/mol. The Hall–Kier alpha value is 0.900. The normalized spacial score (nSPS) is 10.6. The van der Waals surface area contributed by atoms with Crippen molar-refractivity contribution in [1.29, 1.82) is 0 Å². The standard InChI is InChI=1S/C7H13NO4.2Na/c1-8-3-2-5(7(11)12)4-6(9)10;;/h5,8H,2-4H2,1H3,(H,9,10)(H,11,12);;/q;2*+1/p-2. The van der Waals surface area contributed by atoms with Gasteiger partial charge in [-0.15, -0.1) is 0 Å². The summed E-state index contributed by atoms with van der Waals surface area (Å²) < 4.78 is 0. The molecular formula is C7H11NNa2O4. The summed E-state index contributed by atoms with van der Waals surface area (Å²) in [4.78, 5) is 20.4. The fourth-order valence-corrected chi connectivity index (χ4v) is 0.823. The van der Waals surface area contributed by atoms with E-state index in [9.17, 15) is 19.8 Å². The van der Waals surface area contributed by atoms with Crippen LogP contribution in [0.2, 0.25) is 0 Å². The predicted molar refractivity (Wildman–Crippen MR) is 36.7 cm³/mol. The maximum absolute atomic E-state index is 10.3. The van der Waals surface area contributed by atoms with Crippen LogP contribution in [0.1, 0.15) is 12.8 Å². The molecule has 0 saturated heterocycles. The molecule has 1 N–H and O–H groups in total. The van der Waals surface area contributed by atoms with Crippen LogP contribution in [0.3, 0.4) is 0 Å². The molecular weight excluding hydrogens is 208 g/mol. The van der Waals surface area contributed by atoms with Crippen LogP contribution in [-0.2, 0) is 9.59 Å². The molecule has 0 aliphatic heterocycles. The minimum atomic E-state index is -1.36. The smallest absolute Gasteiger partial charge is 0.550 e. The van der Waals surface area contributed by atoms with Crippen LogP contribution in [0, 0.1) is 5.92 Å². The van der Waals surface area contributed by atoms with Crippen LogP contribution in [0.4, 0.5) is 0 Å². The van der Waals surface area contributed by atoms with E-state index in [1.165, 1.54) is 0 Å². The molecule has 7 heteroatoms. The molecule has 0 aromatic carbocycles. The first-order valence-electron chi connectivity index (χ1n) is 3.63. The van der Waals surface area contributed by atoms with Crippen molar-refractivity contribution in [3.05, 3.63) is 0 Å². The van der Waals surface area contributed by atoms with Gasteiger partial charge in [0.2, 0.25) is 0 Å². The molecule has 0 aliphatic rings. The van der Waals surface area contributed by atoms with Crippen LogP contribution < -0.4 is 74.6 Å². The van der Waals surface area contributed by atoms with Crippen LogP contribution >= 0.6 is 0 Å². The van der Waals surface area contributed by atoms with Crippen molar-refractivity contribution in [1.82, 2.24) is 5.32 Å². The Morgan fingerprint density at radius 1 is 1.29 bits per heavy atom. The van der Waals surface area contributed by atoms with Crippen molar-refractivity contribution in [2.45, 2.75) is 12.8 Å². The Kier molecular flexibility index (Phi) is 17.4. The third-order valence-corrected chi connectivity index (χ3v) is 1.49. The number of carbonyl (C=O) groups is 2. The molecule has 0 aliphatic carbocycles. The average Bonchev–Trinajstić information content (AvgIpc) is 1.96. The van der Waals surface area contributed by atoms with E-state index in [0.29, 0.717) is 6.54 Å². The van der Waals surface area contributed by atoms with Crippen LogP contribution in [-0.4, -0.2) is 25.5 Å². The first-order chi connectivity index (χ1) is 5.57. The average molecular weight is 219 g/mol. The summed E-state index contributed by atoms with van der Waals surface area (Å²) in [5.74, 6) is -3.66. The van der Waals surface area contributed by atoms with E-state index in [-0.39, 0.29) is 65.5 Å². The van der Waals surface area contributed by atoms with Crippen LogP contribution in [0.25, 0.3) is 0 Å². The molecule has 0 rings (SSSR count). The largest absolute Gasteiger partial charge is 1.00 e. The van der Waals surface area contributed by atoms with Crippen molar-refractivity contribution in [2.75, 3.05) is 13.6 Å². The topological polar surface area (TPSA) is 92.3 Å². The fraction of sp³-hybridized carbons (Fsp3) is 0.714. The van der Waals surface area contributed by atoms with E-state index in [1.54, 1.807) is 7.05 Å². The van der Waals surface area contributed by atoms with E-state index in [4.69, 9.17) is 0 Å². The number of rotatable bonds is 6. The fourth-order valence-electron chi connectivity index (χ4n) is 0.823. The zero-order valence-corrected chi connectivity index (χ0v) is 12.8. The van der Waals surface area contributed by atoms with Crippen molar-refractivity contribution in [3.8, 4) is 0 Å². The maximum Gasteiger partial charge on any atom is 1.00 e. The Bertz CT molecular complexity index is 177. The number of carbonyl (C=O) groups excluding carboxylic acids is 2. The maximum atomic E-state index is 10.3. The molecule has 1 atom stereocenters. The van der Waals surface area contributed by atoms with E-state index >= 15 is 0 Å². The first kappa shape index (κ1) is 20.3. The third-order valence-electron chi connectivity index (χ3n) is 1.49. The van der Waals surface area contributed by atoms with Gasteiger partial charge in [-0.1, -0.05) is 0 Å². The first-order valence-corrected chi connectivity index (χ1v) is 3.63. The molecule has 0 aromatic rings. The predicted octanol–water partition coefficient (Wildman–Crippen LogP) is -8.89. The van der Waals surface area contributed by atoms with Crippen molar-refractivity contribution in [2.24, 2.45) is 5.92 Å². The van der Waals surface area contributed by atoms with Crippen molar-refractivity contribution >= 4 is 11.9 Å². The van der Waals surface area contributed by atoms with Crippen molar-refractivity contribution < 1.29 is 78.9 Å². The van der Waals surface area contributed by atoms with Gasteiger partial charge in [0.25, 0.3) is 0 Å². The van der Waals surface area contributed by atoms with E-state index in [0.717, 1.165) is 0 Å². The second-order valence-electron chi connectivity index (χ2n) is 2.48. The summed E-state index contributed by atoms with van der Waals surface area (Å²) in [6.07, 6.45) is -0.239. The van der Waals surface area contributed by atoms with E-state index in [1.807, 2.05) is 0 Å². The Balaban J connectivity index is -0.000000605. The molecule has 5 nitrogen and oxygen atoms in total. The number of nitrogens with one attached hydrogen (secondary N) is 1. The molecule has 70 valence electrons. The van der Waals surface area contributed by atoms with Gasteiger partial charge in [-0.05, 0) is 26.4 Å². The zero-order valence-electron chi connectivity index (χ0n) is 8.83. The second-order valence-corrected chi connectivity index (χ2v) is 2.48. The molecule has 0 heterocycles. The zero-order chi connectivity index (χ0) is 9.56. The molecule has 14 heavy (non-hydrogen) atoms. The minimum Gasteiger partial charge on any atom is -0.550 e. The van der Waals surface area contributed by atoms with Gasteiger partial charge in [-0.25, -0.2) is 0 Å². The van der Waals surface area contributed by atoms with Gasteiger partial charge < -0.3 is 25.1 Å². The van der Waals surface area contributed by atoms with Crippen molar-refractivity contribution in [3.63, 3.8) is 0 Å². The summed E-state index contributed by atoms with van der Waals surface area (Å²) >= 11 is 0. The Labute approximate surface area is 127 Å². The van der Waals surface area contributed by atoms with Gasteiger partial charge in [0.05, 0.1) is 0 Å². The quantitative estimate of drug-likeness (QED) is 0.448. The molecule has 0 fully saturated rings. The van der Waals surface area contributed by atoms with Gasteiger partial charge in [-0.3, -0.25) is 0 Å². The van der Waals surface area contributed by atoms with Gasteiger partial charge in [0, 0.05) is 17.9 Å². The summed E-state index contributed by atoms with van der Waals surface area (Å²) in [5, 5.41) is 23.1. The van der Waals surface area contributed by atoms with E-state index < -0.39 is 24.3 Å². The summed E-state index contributed by atoms with van der Waals surface area (Å²) in [5.41, 5.74) is 0. The summed E-state index contributed by atoms with van der Waals surface area (Å²) in [7, 11) is 1.66. The molecule has 0 radical (unpaired) electrons. The van der Waals surface area contributed by atoms with Gasteiger partial charge in [-0.2, -0.15) is 0 Å². The van der Waals surface area contributed by atoms with Gasteiger partial charge in [0.15, 0.2) is 0 Å². The molecule has 0 bridgehead atoms. The minimum absolute atomic E-state index is 0. The Morgan fingerprint density at radius 2 is 1.79 bits per heavy atom. The number of hydrogen-bond acceptors (Lipinski definition) is 5. The van der Waals surface area contributed by atoms with Gasteiger partial charge in [0.1, 0.15) is 0 Å². The molecule has 0 aromatic heterocycles. The number of hydrogen-bond donors (Lipinski definition) is 1. The van der Waals surface area contributed by atoms with Crippen LogP contribution in [0.15, 0.2) is 0 Å². The SMILES string of the molecule is CNCCC(CC(=O)[O-])C(=O)[O-].[Na+].[Na+]. The third kappa shape index (κ3) is 11.0. The number of aliphatic carboxylic acids is 2. The molecule has 0 spiro atoms. The second kappa shape index (κ2) is 12.0. The summed E-state index contributed by atoms with van der Waals surface area (Å²) in [6.45, 7) is 0.450. The number of carboxylic acids is 2. The molecule has 1 unspecified atom stereocenters. The molecule has 0 amide bonds. The molecule has 0 saturated carbocycles. The van der Waals surface area contributed by atoms with E-state index in [2.05, 4.69) is 5.32 Å². The number of carboxylic acid groups (broad SMARTS) is 2.